The molecule has 3 N–H and O–H groups in total. The molecule has 8 nitrogen and oxygen atoms in total. The second kappa shape index (κ2) is 13.6. The molecule has 3 heterocycles. The van der Waals surface area contributed by atoms with Crippen molar-refractivity contribution in [2.45, 2.75) is 44.0 Å². The summed E-state index contributed by atoms with van der Waals surface area (Å²) in [6.45, 7) is 6.87. The van der Waals surface area contributed by atoms with E-state index >= 15 is 0 Å². The number of rotatable bonds is 11. The maximum Gasteiger partial charge on any atom is 0.411 e. The summed E-state index contributed by atoms with van der Waals surface area (Å²) >= 11 is 0. The third kappa shape index (κ3) is 7.25. The number of carbonyl (C=O) groups excluding carboxylic acids is 2. The number of benzene rings is 3. The molecule has 3 aliphatic rings. The number of hydrogen-bond donors (Lipinski definition) is 3. The Kier molecular flexibility index (Phi) is 9.25. The molecule has 0 aliphatic carbocycles. The van der Waals surface area contributed by atoms with Crippen LogP contribution in [0.4, 0.5) is 10.5 Å². The topological polar surface area (TPSA) is 85.9 Å². The zero-order valence-electron chi connectivity index (χ0n) is 24.1. The fraction of sp³-hybridized carbons (Fsp3) is 0.412. The van der Waals surface area contributed by atoms with Crippen LogP contribution in [-0.4, -0.2) is 85.7 Å². The second-order valence-corrected chi connectivity index (χ2v) is 11.7. The van der Waals surface area contributed by atoms with E-state index < -0.39 is 6.09 Å². The van der Waals surface area contributed by atoms with Gasteiger partial charge in [0.25, 0.3) is 0 Å². The van der Waals surface area contributed by atoms with E-state index in [1.807, 2.05) is 66.7 Å². The number of fused-ring (bicyclic) bond motifs is 2. The number of ketones is 1. The minimum atomic E-state index is -0.412. The number of Topliss-reactive ketones (excluding diaryl/α,β-unsaturated/α-hetero) is 1. The molecule has 2 unspecified atom stereocenters. The second-order valence-electron chi connectivity index (χ2n) is 11.7. The Morgan fingerprint density at radius 1 is 0.929 bits per heavy atom. The van der Waals surface area contributed by atoms with E-state index in [1.165, 1.54) is 12.0 Å². The van der Waals surface area contributed by atoms with Crippen molar-refractivity contribution < 1.29 is 14.3 Å². The van der Waals surface area contributed by atoms with Gasteiger partial charge in [0.2, 0.25) is 0 Å². The predicted octanol–water partition coefficient (Wildman–Crippen LogP) is 4.39. The van der Waals surface area contributed by atoms with Crippen molar-refractivity contribution in [3.63, 3.8) is 0 Å². The number of hydrogen-bond acceptors (Lipinski definition) is 7. The number of piperazine rings is 1. The highest BCUT2D eigenvalue weighted by Gasteiger charge is 2.37. The Morgan fingerprint density at radius 2 is 1.69 bits per heavy atom. The maximum atomic E-state index is 12.7. The molecule has 8 heteroatoms. The Labute approximate surface area is 248 Å². The van der Waals surface area contributed by atoms with Gasteiger partial charge in [0.15, 0.2) is 5.78 Å². The number of ether oxygens (including phenoxy) is 1. The summed E-state index contributed by atoms with van der Waals surface area (Å²) in [5, 5.41) is 9.79. The Balaban J connectivity index is 0.868. The van der Waals surface area contributed by atoms with E-state index in [0.29, 0.717) is 18.6 Å². The van der Waals surface area contributed by atoms with Crippen molar-refractivity contribution >= 4 is 17.6 Å². The van der Waals surface area contributed by atoms with Crippen molar-refractivity contribution in [2.75, 3.05) is 51.1 Å². The van der Waals surface area contributed by atoms with Crippen molar-refractivity contribution in [2.24, 2.45) is 0 Å². The van der Waals surface area contributed by atoms with Crippen LogP contribution in [0.15, 0.2) is 78.9 Å². The number of para-hydroxylation sites is 1. The van der Waals surface area contributed by atoms with Crippen molar-refractivity contribution in [1.29, 1.82) is 0 Å². The molecule has 0 aromatic heterocycles. The molecule has 3 saturated heterocycles. The van der Waals surface area contributed by atoms with E-state index in [2.05, 4.69) is 37.9 Å². The van der Waals surface area contributed by atoms with Crippen LogP contribution in [0.3, 0.4) is 0 Å². The molecule has 3 aromatic carbocycles. The fourth-order valence-corrected chi connectivity index (χ4v) is 6.42. The summed E-state index contributed by atoms with van der Waals surface area (Å²) in [7, 11) is 0. The number of likely N-dealkylation sites (tertiary alicyclic amines) is 2. The van der Waals surface area contributed by atoms with E-state index in [4.69, 9.17) is 4.74 Å². The van der Waals surface area contributed by atoms with Gasteiger partial charge in [-0.15, -0.1) is 0 Å². The summed E-state index contributed by atoms with van der Waals surface area (Å²) < 4.78 is 5.76. The molecule has 3 fully saturated rings. The minimum absolute atomic E-state index is 0.0973. The quantitative estimate of drug-likeness (QED) is 0.234. The molecular weight excluding hydrogens is 526 g/mol. The number of carbonyl (C=O) groups is 2. The van der Waals surface area contributed by atoms with E-state index in [-0.39, 0.29) is 11.9 Å². The van der Waals surface area contributed by atoms with Crippen LogP contribution in [0.2, 0.25) is 0 Å². The molecule has 2 bridgehead atoms. The van der Waals surface area contributed by atoms with Gasteiger partial charge >= 0.3 is 6.09 Å². The van der Waals surface area contributed by atoms with Crippen molar-refractivity contribution in [1.82, 2.24) is 20.4 Å². The first-order valence-electron chi connectivity index (χ1n) is 15.3. The molecule has 3 aliphatic heterocycles. The lowest BCUT2D eigenvalue weighted by Gasteiger charge is -2.31. The maximum absolute atomic E-state index is 12.7. The van der Waals surface area contributed by atoms with Crippen LogP contribution in [0.1, 0.15) is 35.2 Å². The van der Waals surface area contributed by atoms with Gasteiger partial charge in [-0.25, -0.2) is 4.79 Å². The van der Waals surface area contributed by atoms with Crippen LogP contribution in [0.25, 0.3) is 11.1 Å². The third-order valence-corrected chi connectivity index (χ3v) is 8.78. The van der Waals surface area contributed by atoms with Gasteiger partial charge in [0.1, 0.15) is 6.10 Å². The molecule has 3 aromatic rings. The Morgan fingerprint density at radius 3 is 2.43 bits per heavy atom. The normalized spacial score (nSPS) is 21.0. The molecule has 2 atom stereocenters. The number of piperidine rings is 1. The lowest BCUT2D eigenvalue weighted by molar-refractivity contribution is 0.0593. The summed E-state index contributed by atoms with van der Waals surface area (Å²) in [5.41, 5.74) is 4.80. The molecule has 0 spiro atoms. The lowest BCUT2D eigenvalue weighted by Crippen LogP contribution is -2.42. The van der Waals surface area contributed by atoms with Crippen LogP contribution in [-0.2, 0) is 11.3 Å². The van der Waals surface area contributed by atoms with E-state index in [0.717, 1.165) is 81.0 Å². The first-order chi connectivity index (χ1) is 20.6. The molecule has 220 valence electrons. The number of amides is 1. The Hall–Kier alpha value is -3.56. The van der Waals surface area contributed by atoms with Crippen LogP contribution in [0, 0.1) is 0 Å². The zero-order valence-corrected chi connectivity index (χ0v) is 24.1. The summed E-state index contributed by atoms with van der Waals surface area (Å²) in [4.78, 5) is 30.3. The predicted molar refractivity (Wildman–Crippen MR) is 166 cm³/mol. The fourth-order valence-electron chi connectivity index (χ4n) is 6.42. The van der Waals surface area contributed by atoms with Crippen LogP contribution in [0.5, 0.6) is 0 Å². The highest BCUT2D eigenvalue weighted by Crippen LogP contribution is 2.28. The minimum Gasteiger partial charge on any atom is -0.446 e. The first kappa shape index (κ1) is 28.6. The van der Waals surface area contributed by atoms with Gasteiger partial charge in [-0.1, -0.05) is 72.8 Å². The number of nitrogens with one attached hydrogen (secondary N) is 3. The lowest BCUT2D eigenvalue weighted by atomic mass is 10.0. The smallest absolute Gasteiger partial charge is 0.411 e. The molecular formula is C34H41N5O3. The third-order valence-electron chi connectivity index (χ3n) is 8.78. The van der Waals surface area contributed by atoms with Gasteiger partial charge in [-0.3, -0.25) is 15.0 Å². The van der Waals surface area contributed by atoms with E-state index in [1.54, 1.807) is 0 Å². The molecule has 1 amide bonds. The standard InChI is InChI=1S/C34H41N5O3/c40-33(27-12-10-25(11-13-27)23-39-24-28-20-29(39)21-36-28)22-35-16-19-38-17-14-30(15-18-38)42-34(41)37-32-9-5-4-8-31(32)26-6-2-1-3-7-26/h1-13,28-30,35-36H,14-24H2,(H,37,41). The number of anilines is 1. The summed E-state index contributed by atoms with van der Waals surface area (Å²) in [6.07, 6.45) is 2.35. The zero-order chi connectivity index (χ0) is 28.7. The first-order valence-corrected chi connectivity index (χ1v) is 15.3. The molecule has 42 heavy (non-hydrogen) atoms. The van der Waals surface area contributed by atoms with Crippen molar-refractivity contribution in [3.05, 3.63) is 90.0 Å². The van der Waals surface area contributed by atoms with Gasteiger partial charge in [0.05, 0.1) is 12.2 Å². The van der Waals surface area contributed by atoms with Crippen LogP contribution < -0.4 is 16.0 Å². The van der Waals surface area contributed by atoms with Gasteiger partial charge < -0.3 is 20.3 Å². The monoisotopic (exact) mass is 567 g/mol. The molecule has 0 radical (unpaired) electrons. The van der Waals surface area contributed by atoms with Gasteiger partial charge in [0, 0.05) is 69.0 Å². The highest BCUT2D eigenvalue weighted by atomic mass is 16.6. The summed E-state index contributed by atoms with van der Waals surface area (Å²) in [5.74, 6) is 0.123. The summed E-state index contributed by atoms with van der Waals surface area (Å²) in [6, 6.07) is 27.2. The van der Waals surface area contributed by atoms with Crippen molar-refractivity contribution in [3.8, 4) is 11.1 Å². The largest absolute Gasteiger partial charge is 0.446 e. The average molecular weight is 568 g/mol. The molecule has 0 saturated carbocycles. The SMILES string of the molecule is O=C(Nc1ccccc1-c1ccccc1)OC1CCN(CCNCC(=O)c2ccc(CN3CC4CC3CN4)cc2)CC1. The van der Waals surface area contributed by atoms with E-state index in [9.17, 15) is 9.59 Å². The average Bonchev–Trinajstić information content (AvgIpc) is 3.65. The molecule has 6 rings (SSSR count). The van der Waals surface area contributed by atoms with Crippen LogP contribution >= 0.6 is 0 Å². The highest BCUT2D eigenvalue weighted by molar-refractivity contribution is 5.97. The Bertz CT molecular complexity index is 1340. The van der Waals surface area contributed by atoms with Gasteiger partial charge in [-0.2, -0.15) is 0 Å². The van der Waals surface area contributed by atoms with Gasteiger partial charge in [-0.05, 0) is 36.5 Å². The number of nitrogens with zero attached hydrogens (tertiary/aromatic N) is 2.